The Hall–Kier alpha value is -1.38. The number of pyridine rings is 1. The van der Waals surface area contributed by atoms with E-state index in [1.54, 1.807) is 6.92 Å². The fourth-order valence-electron chi connectivity index (χ4n) is 1.62. The molecule has 0 spiro atoms. The van der Waals surface area contributed by atoms with Crippen molar-refractivity contribution in [2.24, 2.45) is 5.73 Å². The van der Waals surface area contributed by atoms with Gasteiger partial charge in [0, 0.05) is 25.2 Å². The Morgan fingerprint density at radius 3 is 2.71 bits per heavy atom. The number of anilines is 1. The van der Waals surface area contributed by atoms with Gasteiger partial charge in [-0.25, -0.2) is 18.1 Å². The lowest BCUT2D eigenvalue weighted by Crippen LogP contribution is -2.35. The summed E-state index contributed by atoms with van der Waals surface area (Å²) < 4.78 is 26.6. The van der Waals surface area contributed by atoms with Crippen LogP contribution >= 0.6 is 11.6 Å². The van der Waals surface area contributed by atoms with Crippen LogP contribution in [-0.4, -0.2) is 31.9 Å². The second-order valence-corrected chi connectivity index (χ2v) is 6.74. The minimum atomic E-state index is -3.80. The van der Waals surface area contributed by atoms with Crippen molar-refractivity contribution in [2.75, 3.05) is 11.9 Å². The van der Waals surface area contributed by atoms with E-state index in [4.69, 9.17) is 17.3 Å². The Morgan fingerprint density at radius 1 is 1.52 bits per heavy atom. The molecular weight excluding hydrogens is 316 g/mol. The van der Waals surface area contributed by atoms with Gasteiger partial charge in [-0.1, -0.05) is 18.5 Å². The van der Waals surface area contributed by atoms with E-state index in [9.17, 15) is 13.2 Å². The maximum atomic E-state index is 12.1. The minimum Gasteiger partial charge on any atom is -0.370 e. The molecule has 0 fully saturated rings. The van der Waals surface area contributed by atoms with Crippen molar-refractivity contribution in [1.29, 1.82) is 0 Å². The normalized spacial score (nSPS) is 12.9. The van der Waals surface area contributed by atoms with E-state index >= 15 is 0 Å². The second-order valence-electron chi connectivity index (χ2n) is 4.62. The van der Waals surface area contributed by atoms with Gasteiger partial charge in [0.15, 0.2) is 0 Å². The molecule has 0 aromatic carbocycles. The van der Waals surface area contributed by atoms with Crippen molar-refractivity contribution >= 4 is 33.3 Å². The van der Waals surface area contributed by atoms with Crippen molar-refractivity contribution < 1.29 is 13.2 Å². The number of halogens is 1. The molecule has 1 atom stereocenters. The Kier molecular flexibility index (Phi) is 6.38. The largest absolute Gasteiger partial charge is 0.370 e. The van der Waals surface area contributed by atoms with Gasteiger partial charge in [-0.3, -0.25) is 4.79 Å². The number of hydrogen-bond acceptors (Lipinski definition) is 5. The number of rotatable bonds is 8. The molecular formula is C12H19ClN4O3S. The van der Waals surface area contributed by atoms with Crippen molar-refractivity contribution in [3.8, 4) is 0 Å². The molecule has 21 heavy (non-hydrogen) atoms. The fourth-order valence-corrected chi connectivity index (χ4v) is 3.13. The average molecular weight is 335 g/mol. The lowest BCUT2D eigenvalue weighted by Gasteiger charge is -2.13. The van der Waals surface area contributed by atoms with E-state index in [2.05, 4.69) is 15.0 Å². The molecule has 9 heteroatoms. The molecule has 7 nitrogen and oxygen atoms in total. The van der Waals surface area contributed by atoms with Crippen LogP contribution in [0.1, 0.15) is 26.7 Å². The number of nitrogens with zero attached hydrogens (tertiary/aromatic N) is 1. The van der Waals surface area contributed by atoms with Crippen LogP contribution < -0.4 is 15.8 Å². The highest BCUT2D eigenvalue weighted by molar-refractivity contribution is 7.89. The van der Waals surface area contributed by atoms with Gasteiger partial charge in [-0.05, 0) is 19.4 Å². The highest BCUT2D eigenvalue weighted by Gasteiger charge is 2.20. The summed E-state index contributed by atoms with van der Waals surface area (Å²) in [4.78, 5) is 14.7. The number of carbonyl (C=O) groups excluding carboxylic acids is 1. The molecule has 1 unspecified atom stereocenters. The van der Waals surface area contributed by atoms with Gasteiger partial charge in [-0.2, -0.15) is 0 Å². The summed E-state index contributed by atoms with van der Waals surface area (Å²) in [5.74, 6) is -0.150. The third kappa shape index (κ3) is 5.49. The van der Waals surface area contributed by atoms with Gasteiger partial charge in [0.25, 0.3) is 0 Å². The zero-order chi connectivity index (χ0) is 16.0. The number of amides is 1. The van der Waals surface area contributed by atoms with Crippen LogP contribution in [-0.2, 0) is 14.8 Å². The Bertz CT molecular complexity index is 607. The van der Waals surface area contributed by atoms with Crippen molar-refractivity contribution in [1.82, 2.24) is 9.71 Å². The first-order chi connectivity index (χ1) is 9.76. The number of aromatic nitrogens is 1. The summed E-state index contributed by atoms with van der Waals surface area (Å²) in [7, 11) is -3.80. The van der Waals surface area contributed by atoms with Crippen molar-refractivity contribution in [3.63, 3.8) is 0 Å². The van der Waals surface area contributed by atoms with Gasteiger partial charge < -0.3 is 11.1 Å². The minimum absolute atomic E-state index is 0.0640. The standard InChI is InChI=1S/C12H19ClN4O3S/c1-3-4-15-12-10(13)6-9(7-16-12)21(19,20)17-8(2)5-11(14)18/h6-8,17H,3-5H2,1-2H3,(H2,14,18)(H,15,16). The zero-order valence-electron chi connectivity index (χ0n) is 11.9. The average Bonchev–Trinajstić information content (AvgIpc) is 2.35. The predicted octanol–water partition coefficient (Wildman–Crippen LogP) is 1.10. The van der Waals surface area contributed by atoms with Gasteiger partial charge in [-0.15, -0.1) is 0 Å². The van der Waals surface area contributed by atoms with Crippen LogP contribution in [0.3, 0.4) is 0 Å². The molecule has 0 saturated heterocycles. The number of sulfonamides is 1. The summed E-state index contributed by atoms with van der Waals surface area (Å²) in [6.45, 7) is 4.23. The monoisotopic (exact) mass is 334 g/mol. The molecule has 1 amide bonds. The van der Waals surface area contributed by atoms with E-state index < -0.39 is 22.0 Å². The van der Waals surface area contributed by atoms with E-state index in [-0.39, 0.29) is 16.3 Å². The number of hydrogen-bond donors (Lipinski definition) is 3. The lowest BCUT2D eigenvalue weighted by molar-refractivity contribution is -0.118. The summed E-state index contributed by atoms with van der Waals surface area (Å²) >= 11 is 6.00. The molecule has 1 rings (SSSR count). The number of carbonyl (C=O) groups is 1. The van der Waals surface area contributed by atoms with Gasteiger partial charge >= 0.3 is 0 Å². The topological polar surface area (TPSA) is 114 Å². The van der Waals surface area contributed by atoms with Crippen LogP contribution in [0.25, 0.3) is 0 Å². The van der Waals surface area contributed by atoms with E-state index in [1.165, 1.54) is 12.3 Å². The Balaban J connectivity index is 2.88. The molecule has 118 valence electrons. The first-order valence-corrected chi connectivity index (χ1v) is 8.32. The molecule has 0 saturated carbocycles. The highest BCUT2D eigenvalue weighted by atomic mass is 35.5. The quantitative estimate of drug-likeness (QED) is 0.658. The summed E-state index contributed by atoms with van der Waals surface area (Å²) in [6.07, 6.45) is 2.02. The first-order valence-electron chi connectivity index (χ1n) is 6.46. The molecule has 0 radical (unpaired) electrons. The first kappa shape index (κ1) is 17.7. The van der Waals surface area contributed by atoms with E-state index in [1.807, 2.05) is 6.92 Å². The van der Waals surface area contributed by atoms with Crippen molar-refractivity contribution in [3.05, 3.63) is 17.3 Å². The summed E-state index contributed by atoms with van der Waals surface area (Å²) in [5.41, 5.74) is 5.03. The molecule has 0 aliphatic carbocycles. The highest BCUT2D eigenvalue weighted by Crippen LogP contribution is 2.22. The molecule has 0 aliphatic heterocycles. The van der Waals surface area contributed by atoms with E-state index in [0.717, 1.165) is 6.42 Å². The third-order valence-corrected chi connectivity index (χ3v) is 4.38. The SMILES string of the molecule is CCCNc1ncc(S(=O)(=O)NC(C)CC(N)=O)cc1Cl. The van der Waals surface area contributed by atoms with Crippen LogP contribution in [0.5, 0.6) is 0 Å². The lowest BCUT2D eigenvalue weighted by atomic mass is 10.2. The second kappa shape index (κ2) is 7.58. The number of primary amides is 1. The van der Waals surface area contributed by atoms with Crippen LogP contribution in [0, 0.1) is 0 Å². The van der Waals surface area contributed by atoms with Crippen LogP contribution in [0.15, 0.2) is 17.2 Å². The maximum absolute atomic E-state index is 12.1. The Labute approximate surface area is 129 Å². The maximum Gasteiger partial charge on any atom is 0.242 e. The molecule has 1 aromatic rings. The smallest absolute Gasteiger partial charge is 0.242 e. The number of nitrogens with one attached hydrogen (secondary N) is 2. The zero-order valence-corrected chi connectivity index (χ0v) is 13.5. The van der Waals surface area contributed by atoms with Gasteiger partial charge in [0.05, 0.1) is 5.02 Å². The van der Waals surface area contributed by atoms with Crippen molar-refractivity contribution in [2.45, 2.75) is 37.6 Å². The van der Waals surface area contributed by atoms with Gasteiger partial charge in [0.1, 0.15) is 10.7 Å². The fraction of sp³-hybridized carbons (Fsp3) is 0.500. The summed E-state index contributed by atoms with van der Waals surface area (Å²) in [6, 6.07) is 0.704. The van der Waals surface area contributed by atoms with Gasteiger partial charge in [0.2, 0.25) is 15.9 Å². The molecule has 4 N–H and O–H groups in total. The Morgan fingerprint density at radius 2 is 2.19 bits per heavy atom. The van der Waals surface area contributed by atoms with E-state index in [0.29, 0.717) is 12.4 Å². The molecule has 1 aromatic heterocycles. The molecule has 0 bridgehead atoms. The van der Waals surface area contributed by atoms with Crippen LogP contribution in [0.4, 0.5) is 5.82 Å². The summed E-state index contributed by atoms with van der Waals surface area (Å²) in [5, 5.41) is 3.21. The number of nitrogens with two attached hydrogens (primary N) is 1. The predicted molar refractivity (Wildman–Crippen MR) is 81.6 cm³/mol. The van der Waals surface area contributed by atoms with Crippen LogP contribution in [0.2, 0.25) is 5.02 Å². The third-order valence-electron chi connectivity index (χ3n) is 2.53. The molecule has 0 aliphatic rings. The molecule has 1 heterocycles.